The maximum Gasteiger partial charge on any atom is 0.410 e. The Morgan fingerprint density at radius 3 is 2.40 bits per heavy atom. The van der Waals surface area contributed by atoms with E-state index in [4.69, 9.17) is 19.5 Å². The molecule has 3 heterocycles. The van der Waals surface area contributed by atoms with Gasteiger partial charge in [-0.05, 0) is 69.4 Å². The number of carbonyl (C=O) groups is 1. The summed E-state index contributed by atoms with van der Waals surface area (Å²) in [6.45, 7) is 7.81. The van der Waals surface area contributed by atoms with Crippen molar-refractivity contribution < 1.29 is 19.0 Å². The number of aromatic nitrogens is 4. The highest BCUT2D eigenvalue weighted by atomic mass is 16.6. The number of benzene rings is 2. The van der Waals surface area contributed by atoms with Crippen LogP contribution in [-0.4, -0.2) is 56.5 Å². The molecule has 0 N–H and O–H groups in total. The Labute approximate surface area is 251 Å². The molecule has 10 heteroatoms. The van der Waals surface area contributed by atoms with Crippen molar-refractivity contribution in [3.8, 4) is 40.3 Å². The Bertz CT molecular complexity index is 1570. The van der Waals surface area contributed by atoms with Gasteiger partial charge in [-0.3, -0.25) is 0 Å². The number of likely N-dealkylation sites (tertiary alicyclic amines) is 1. The molecule has 0 atom stereocenters. The Kier molecular flexibility index (Phi) is 9.11. The van der Waals surface area contributed by atoms with Gasteiger partial charge >= 0.3 is 6.09 Å². The molecule has 5 rings (SSSR count). The molecule has 0 saturated carbocycles. The van der Waals surface area contributed by atoms with Crippen LogP contribution in [0, 0.1) is 17.2 Å². The van der Waals surface area contributed by atoms with Gasteiger partial charge in [0, 0.05) is 30.3 Å². The molecule has 43 heavy (non-hydrogen) atoms. The molecule has 0 aliphatic carbocycles. The highest BCUT2D eigenvalue weighted by Crippen LogP contribution is 2.23. The van der Waals surface area contributed by atoms with Crippen molar-refractivity contribution >= 4 is 6.09 Å². The largest absolute Gasteiger partial charge is 0.490 e. The lowest BCUT2D eigenvalue weighted by Crippen LogP contribution is -2.42. The quantitative estimate of drug-likeness (QED) is 0.245. The zero-order valence-corrected chi connectivity index (χ0v) is 24.6. The zero-order valence-electron chi connectivity index (χ0n) is 24.6. The van der Waals surface area contributed by atoms with Crippen LogP contribution in [0.1, 0.15) is 44.7 Å². The average molecular weight is 579 g/mol. The fourth-order valence-corrected chi connectivity index (χ4v) is 4.62. The summed E-state index contributed by atoms with van der Waals surface area (Å²) in [5.74, 6) is 1.95. The van der Waals surface area contributed by atoms with Crippen LogP contribution in [0.5, 0.6) is 11.6 Å². The third-order valence-electron chi connectivity index (χ3n) is 6.88. The molecule has 1 saturated heterocycles. The van der Waals surface area contributed by atoms with Gasteiger partial charge < -0.3 is 19.1 Å². The van der Waals surface area contributed by atoms with Crippen LogP contribution < -0.4 is 9.47 Å². The molecule has 0 unspecified atom stereocenters. The Balaban J connectivity index is 1.10. The molecule has 0 radical (unpaired) electrons. The number of carbonyl (C=O) groups excluding carboxylic acids is 1. The normalized spacial score (nSPS) is 13.7. The minimum absolute atomic E-state index is 0.255. The number of rotatable bonds is 8. The summed E-state index contributed by atoms with van der Waals surface area (Å²) in [5, 5.41) is 17.5. The van der Waals surface area contributed by atoms with Crippen LogP contribution in [0.25, 0.3) is 22.6 Å². The number of hydrogen-bond donors (Lipinski definition) is 0. The summed E-state index contributed by atoms with van der Waals surface area (Å²) >= 11 is 0. The third kappa shape index (κ3) is 8.26. The van der Waals surface area contributed by atoms with E-state index in [2.05, 4.69) is 26.2 Å². The summed E-state index contributed by atoms with van der Waals surface area (Å²) in [7, 11) is 0. The molecule has 0 bridgehead atoms. The number of nitrogens with zero attached hydrogens (tertiary/aromatic N) is 6. The number of nitriles is 1. The van der Waals surface area contributed by atoms with Crippen molar-refractivity contribution in [1.29, 1.82) is 5.26 Å². The SMILES string of the molecule is CC(C)(C)OC(=O)N1CCC(COc2cnc(-c3cccc(COc4ccc(-c5cccc(C#N)c5)nn4)c3)nc2)CC1. The number of hydrogen-bond acceptors (Lipinski definition) is 9. The minimum atomic E-state index is -0.491. The van der Waals surface area contributed by atoms with Crippen LogP contribution >= 0.6 is 0 Å². The van der Waals surface area contributed by atoms with Gasteiger partial charge in [-0.2, -0.15) is 5.26 Å². The molecule has 0 spiro atoms. The first kappa shape index (κ1) is 29.5. The number of ether oxygens (including phenoxy) is 3. The lowest BCUT2D eigenvalue weighted by atomic mass is 9.98. The molecular weight excluding hydrogens is 544 g/mol. The predicted octanol–water partition coefficient (Wildman–Crippen LogP) is 6.08. The van der Waals surface area contributed by atoms with Crippen molar-refractivity contribution in [3.63, 3.8) is 0 Å². The van der Waals surface area contributed by atoms with Crippen LogP contribution in [0.15, 0.2) is 73.1 Å². The van der Waals surface area contributed by atoms with E-state index in [1.165, 1.54) is 0 Å². The van der Waals surface area contributed by atoms with Crippen molar-refractivity contribution in [2.45, 2.75) is 45.8 Å². The van der Waals surface area contributed by atoms with Crippen molar-refractivity contribution in [2.75, 3.05) is 19.7 Å². The first-order valence-electron chi connectivity index (χ1n) is 14.2. The second kappa shape index (κ2) is 13.3. The highest BCUT2D eigenvalue weighted by Gasteiger charge is 2.27. The minimum Gasteiger partial charge on any atom is -0.490 e. The lowest BCUT2D eigenvalue weighted by molar-refractivity contribution is 0.0165. The first-order chi connectivity index (χ1) is 20.8. The molecule has 1 amide bonds. The van der Waals surface area contributed by atoms with Gasteiger partial charge in [0.05, 0.1) is 36.3 Å². The molecule has 1 aliphatic heterocycles. The summed E-state index contributed by atoms with van der Waals surface area (Å²) in [5.41, 5.74) is 3.37. The van der Waals surface area contributed by atoms with E-state index in [0.717, 1.165) is 29.5 Å². The topological polar surface area (TPSA) is 123 Å². The molecule has 1 fully saturated rings. The third-order valence-corrected chi connectivity index (χ3v) is 6.88. The van der Waals surface area contributed by atoms with Gasteiger partial charge in [-0.1, -0.05) is 30.3 Å². The number of amides is 1. The van der Waals surface area contributed by atoms with Gasteiger partial charge in [0.15, 0.2) is 11.6 Å². The summed E-state index contributed by atoms with van der Waals surface area (Å²) in [6.07, 6.45) is 4.84. The molecule has 4 aromatic rings. The van der Waals surface area contributed by atoms with Gasteiger partial charge in [0.1, 0.15) is 12.2 Å². The van der Waals surface area contributed by atoms with Crippen LogP contribution in [0.2, 0.25) is 0 Å². The summed E-state index contributed by atoms with van der Waals surface area (Å²) < 4.78 is 17.3. The van der Waals surface area contributed by atoms with Gasteiger partial charge in [0.2, 0.25) is 5.88 Å². The maximum atomic E-state index is 12.3. The Morgan fingerprint density at radius 2 is 1.70 bits per heavy atom. The molecule has 220 valence electrons. The molecule has 2 aromatic carbocycles. The number of piperidine rings is 1. The Morgan fingerprint density at radius 1 is 0.953 bits per heavy atom. The van der Waals surface area contributed by atoms with Crippen LogP contribution in [0.3, 0.4) is 0 Å². The average Bonchev–Trinajstić information content (AvgIpc) is 3.03. The van der Waals surface area contributed by atoms with E-state index in [-0.39, 0.29) is 6.09 Å². The zero-order chi connectivity index (χ0) is 30.2. The second-order valence-electron chi connectivity index (χ2n) is 11.4. The second-order valence-corrected chi connectivity index (χ2v) is 11.4. The monoisotopic (exact) mass is 578 g/mol. The van der Waals surface area contributed by atoms with E-state index in [1.54, 1.807) is 35.5 Å². The summed E-state index contributed by atoms with van der Waals surface area (Å²) in [4.78, 5) is 23.1. The smallest absolute Gasteiger partial charge is 0.410 e. The predicted molar refractivity (Wildman–Crippen MR) is 160 cm³/mol. The van der Waals surface area contributed by atoms with E-state index >= 15 is 0 Å². The fourth-order valence-electron chi connectivity index (χ4n) is 4.62. The van der Waals surface area contributed by atoms with E-state index in [1.807, 2.05) is 63.2 Å². The van der Waals surface area contributed by atoms with Crippen LogP contribution in [0.4, 0.5) is 4.79 Å². The van der Waals surface area contributed by atoms with E-state index in [9.17, 15) is 4.79 Å². The highest BCUT2D eigenvalue weighted by molar-refractivity contribution is 5.68. The van der Waals surface area contributed by atoms with Crippen molar-refractivity contribution in [1.82, 2.24) is 25.1 Å². The lowest BCUT2D eigenvalue weighted by Gasteiger charge is -2.33. The molecule has 10 nitrogen and oxygen atoms in total. The molecular formula is C33H34N6O4. The Hall–Kier alpha value is -5.04. The van der Waals surface area contributed by atoms with Gasteiger partial charge in [0.25, 0.3) is 0 Å². The summed E-state index contributed by atoms with van der Waals surface area (Å²) in [6, 6.07) is 20.8. The van der Waals surface area contributed by atoms with Crippen molar-refractivity contribution in [3.05, 3.63) is 84.2 Å². The van der Waals surface area contributed by atoms with E-state index < -0.39 is 5.60 Å². The van der Waals surface area contributed by atoms with Crippen LogP contribution in [-0.2, 0) is 11.3 Å². The molecule has 1 aliphatic rings. The fraction of sp³-hybridized carbons (Fsp3) is 0.333. The standard InChI is InChI=1S/C33H34N6O4/c1-33(2,3)43-32(40)39-14-12-23(13-15-39)21-41-28-19-35-31(36-20-28)27-9-5-7-25(17-27)22-42-30-11-10-29(37-38-30)26-8-4-6-24(16-26)18-34/h4-11,16-17,19-20,23H,12-15,21-22H2,1-3H3. The molecule has 2 aromatic heterocycles. The first-order valence-corrected chi connectivity index (χ1v) is 14.2. The maximum absolute atomic E-state index is 12.3. The van der Waals surface area contributed by atoms with Gasteiger partial charge in [-0.15, -0.1) is 10.2 Å². The van der Waals surface area contributed by atoms with Crippen molar-refractivity contribution in [2.24, 2.45) is 5.92 Å². The van der Waals surface area contributed by atoms with E-state index in [0.29, 0.717) is 60.9 Å². The van der Waals surface area contributed by atoms with Gasteiger partial charge in [-0.25, -0.2) is 14.8 Å².